The third-order valence-corrected chi connectivity index (χ3v) is 1.76. The molecule has 0 radical (unpaired) electrons. The van der Waals surface area contributed by atoms with E-state index in [-0.39, 0.29) is 6.04 Å². The topological polar surface area (TPSA) is 61.3 Å². The van der Waals surface area contributed by atoms with Crippen molar-refractivity contribution in [1.29, 1.82) is 0 Å². The summed E-state index contributed by atoms with van der Waals surface area (Å²) in [5.74, 6) is 1.37. The predicted octanol–water partition coefficient (Wildman–Crippen LogP) is 1.27. The Morgan fingerprint density at radius 3 is 2.85 bits per heavy atom. The molecule has 0 amide bonds. The first-order valence-corrected chi connectivity index (χ1v) is 4.48. The summed E-state index contributed by atoms with van der Waals surface area (Å²) in [5.41, 5.74) is 6.68. The smallest absolute Gasteiger partial charge is 0.257 e. The molecule has 0 saturated heterocycles. The highest BCUT2D eigenvalue weighted by molar-refractivity contribution is 5.28. The molecule has 0 fully saturated rings. The molecule has 1 heterocycles. The monoisotopic (exact) mass is 184 g/mol. The number of ether oxygens (including phenoxy) is 1. The SMILES string of the molecule is CCOc1noc(C)c1CC(C)N. The second-order valence-corrected chi connectivity index (χ2v) is 3.14. The molecule has 1 unspecified atom stereocenters. The van der Waals surface area contributed by atoms with Crippen molar-refractivity contribution in [3.8, 4) is 5.88 Å². The Morgan fingerprint density at radius 2 is 2.31 bits per heavy atom. The third-order valence-electron chi connectivity index (χ3n) is 1.76. The Kier molecular flexibility index (Phi) is 3.31. The van der Waals surface area contributed by atoms with Gasteiger partial charge in [0.05, 0.1) is 12.2 Å². The lowest BCUT2D eigenvalue weighted by Gasteiger charge is -2.05. The standard InChI is InChI=1S/C9H16N2O2/c1-4-12-9-8(5-6(2)10)7(3)13-11-9/h6H,4-5,10H2,1-3H3. The fourth-order valence-electron chi connectivity index (χ4n) is 1.17. The lowest BCUT2D eigenvalue weighted by Crippen LogP contribution is -2.18. The summed E-state index contributed by atoms with van der Waals surface area (Å²) >= 11 is 0. The molecule has 4 nitrogen and oxygen atoms in total. The average molecular weight is 184 g/mol. The van der Waals surface area contributed by atoms with E-state index in [1.807, 2.05) is 20.8 Å². The minimum atomic E-state index is 0.0947. The van der Waals surface area contributed by atoms with E-state index in [1.54, 1.807) is 0 Å². The van der Waals surface area contributed by atoms with Gasteiger partial charge in [-0.25, -0.2) is 0 Å². The van der Waals surface area contributed by atoms with Crippen LogP contribution >= 0.6 is 0 Å². The zero-order valence-electron chi connectivity index (χ0n) is 8.33. The molecule has 0 saturated carbocycles. The quantitative estimate of drug-likeness (QED) is 0.765. The summed E-state index contributed by atoms with van der Waals surface area (Å²) in [7, 11) is 0. The molecule has 1 aromatic heterocycles. The van der Waals surface area contributed by atoms with Crippen molar-refractivity contribution < 1.29 is 9.26 Å². The minimum Gasteiger partial charge on any atom is -0.476 e. The fraction of sp³-hybridized carbons (Fsp3) is 0.667. The van der Waals surface area contributed by atoms with Crippen LogP contribution in [0.1, 0.15) is 25.2 Å². The first-order chi connectivity index (χ1) is 6.15. The molecule has 1 atom stereocenters. The maximum Gasteiger partial charge on any atom is 0.257 e. The summed E-state index contributed by atoms with van der Waals surface area (Å²) in [4.78, 5) is 0. The van der Waals surface area contributed by atoms with Gasteiger partial charge in [-0.15, -0.1) is 0 Å². The normalized spacial score (nSPS) is 12.9. The minimum absolute atomic E-state index is 0.0947. The van der Waals surface area contributed by atoms with Gasteiger partial charge >= 0.3 is 0 Å². The van der Waals surface area contributed by atoms with Crippen LogP contribution in [0.25, 0.3) is 0 Å². The molecule has 0 aliphatic carbocycles. The summed E-state index contributed by atoms with van der Waals surface area (Å²) < 4.78 is 10.3. The third kappa shape index (κ3) is 2.45. The van der Waals surface area contributed by atoms with Gasteiger partial charge < -0.3 is 15.0 Å². The van der Waals surface area contributed by atoms with Gasteiger partial charge in [0.2, 0.25) is 0 Å². The number of rotatable bonds is 4. The Balaban J connectivity index is 2.81. The van der Waals surface area contributed by atoms with E-state index in [0.717, 1.165) is 17.7 Å². The summed E-state index contributed by atoms with van der Waals surface area (Å²) in [6.07, 6.45) is 0.741. The van der Waals surface area contributed by atoms with Crippen LogP contribution in [-0.2, 0) is 6.42 Å². The number of nitrogens with zero attached hydrogens (tertiary/aromatic N) is 1. The van der Waals surface area contributed by atoms with Gasteiger partial charge in [-0.3, -0.25) is 0 Å². The second-order valence-electron chi connectivity index (χ2n) is 3.14. The van der Waals surface area contributed by atoms with Crippen LogP contribution in [0.5, 0.6) is 5.88 Å². The predicted molar refractivity (Wildman–Crippen MR) is 49.8 cm³/mol. The molecule has 2 N–H and O–H groups in total. The molecular weight excluding hydrogens is 168 g/mol. The number of aryl methyl sites for hydroxylation is 1. The molecule has 0 bridgehead atoms. The molecule has 0 aliphatic rings. The highest BCUT2D eigenvalue weighted by atomic mass is 16.5. The molecule has 0 aromatic carbocycles. The molecule has 0 spiro atoms. The van der Waals surface area contributed by atoms with Gasteiger partial charge in [0.25, 0.3) is 5.88 Å². The zero-order chi connectivity index (χ0) is 9.84. The van der Waals surface area contributed by atoms with Crippen molar-refractivity contribution in [3.63, 3.8) is 0 Å². The van der Waals surface area contributed by atoms with Crippen LogP contribution in [0.3, 0.4) is 0 Å². The highest BCUT2D eigenvalue weighted by Gasteiger charge is 2.14. The van der Waals surface area contributed by atoms with Gasteiger partial charge in [-0.1, -0.05) is 0 Å². The maximum absolute atomic E-state index is 5.69. The van der Waals surface area contributed by atoms with Crippen LogP contribution in [0, 0.1) is 6.92 Å². The van der Waals surface area contributed by atoms with Gasteiger partial charge in [-0.05, 0) is 32.3 Å². The Labute approximate surface area is 78.0 Å². The molecular formula is C9H16N2O2. The van der Waals surface area contributed by atoms with Crippen molar-refractivity contribution in [2.75, 3.05) is 6.61 Å². The van der Waals surface area contributed by atoms with Crippen molar-refractivity contribution in [2.24, 2.45) is 5.73 Å². The van der Waals surface area contributed by atoms with Crippen molar-refractivity contribution in [2.45, 2.75) is 33.2 Å². The lowest BCUT2D eigenvalue weighted by molar-refractivity contribution is 0.290. The van der Waals surface area contributed by atoms with Crippen LogP contribution in [-0.4, -0.2) is 17.8 Å². The van der Waals surface area contributed by atoms with E-state index >= 15 is 0 Å². The van der Waals surface area contributed by atoms with Crippen molar-refractivity contribution in [3.05, 3.63) is 11.3 Å². The molecule has 1 aromatic rings. The maximum atomic E-state index is 5.69. The molecule has 4 heteroatoms. The van der Waals surface area contributed by atoms with Gasteiger partial charge in [0.1, 0.15) is 5.76 Å². The van der Waals surface area contributed by atoms with E-state index in [9.17, 15) is 0 Å². The molecule has 1 rings (SSSR count). The van der Waals surface area contributed by atoms with Crippen LogP contribution in [0.15, 0.2) is 4.52 Å². The Hall–Kier alpha value is -1.03. The lowest BCUT2D eigenvalue weighted by atomic mass is 10.1. The van der Waals surface area contributed by atoms with E-state index in [1.165, 1.54) is 0 Å². The molecule has 13 heavy (non-hydrogen) atoms. The van der Waals surface area contributed by atoms with E-state index in [4.69, 9.17) is 15.0 Å². The zero-order valence-corrected chi connectivity index (χ0v) is 8.33. The average Bonchev–Trinajstić information content (AvgIpc) is 2.36. The van der Waals surface area contributed by atoms with Crippen LogP contribution in [0.4, 0.5) is 0 Å². The summed E-state index contributed by atoms with van der Waals surface area (Å²) in [6.45, 7) is 6.33. The first kappa shape index (κ1) is 10.1. The molecule has 74 valence electrons. The summed E-state index contributed by atoms with van der Waals surface area (Å²) in [6, 6.07) is 0.0947. The van der Waals surface area contributed by atoms with Gasteiger partial charge in [-0.2, -0.15) is 0 Å². The fourth-order valence-corrected chi connectivity index (χ4v) is 1.17. The van der Waals surface area contributed by atoms with Crippen molar-refractivity contribution >= 4 is 0 Å². The number of aromatic nitrogens is 1. The first-order valence-electron chi connectivity index (χ1n) is 4.48. The van der Waals surface area contributed by atoms with Crippen LogP contribution in [0.2, 0.25) is 0 Å². The number of hydrogen-bond acceptors (Lipinski definition) is 4. The van der Waals surface area contributed by atoms with Gasteiger partial charge in [0, 0.05) is 6.04 Å². The Bertz CT molecular complexity index is 269. The Morgan fingerprint density at radius 1 is 1.62 bits per heavy atom. The van der Waals surface area contributed by atoms with Crippen molar-refractivity contribution in [1.82, 2.24) is 5.16 Å². The van der Waals surface area contributed by atoms with Crippen LogP contribution < -0.4 is 10.5 Å². The highest BCUT2D eigenvalue weighted by Crippen LogP contribution is 2.21. The largest absolute Gasteiger partial charge is 0.476 e. The second kappa shape index (κ2) is 4.28. The number of hydrogen-bond donors (Lipinski definition) is 1. The van der Waals surface area contributed by atoms with Gasteiger partial charge in [0.15, 0.2) is 0 Å². The van der Waals surface area contributed by atoms with E-state index in [2.05, 4.69) is 5.16 Å². The van der Waals surface area contributed by atoms with E-state index < -0.39 is 0 Å². The summed E-state index contributed by atoms with van der Waals surface area (Å²) in [5, 5.41) is 3.81. The van der Waals surface area contributed by atoms with E-state index in [0.29, 0.717) is 12.5 Å². The molecule has 0 aliphatic heterocycles. The number of nitrogens with two attached hydrogens (primary N) is 1.